The first-order valence-corrected chi connectivity index (χ1v) is 7.57. The molecular formula is C20H21NO. The summed E-state index contributed by atoms with van der Waals surface area (Å²) < 4.78 is 0. The SMILES string of the molecule is CC1=Nc2ccc3cc(C#CC(C)(C)O)ccc3c2C1(C)C. The molecule has 2 nitrogen and oxygen atoms in total. The number of hydrogen-bond acceptors (Lipinski definition) is 2. The molecule has 0 amide bonds. The van der Waals surface area contributed by atoms with Crippen LogP contribution in [0.4, 0.5) is 5.69 Å². The van der Waals surface area contributed by atoms with Crippen molar-refractivity contribution in [2.24, 2.45) is 4.99 Å². The number of fused-ring (bicyclic) bond motifs is 3. The zero-order valence-electron chi connectivity index (χ0n) is 13.8. The van der Waals surface area contributed by atoms with Crippen molar-refractivity contribution in [3.8, 4) is 11.8 Å². The van der Waals surface area contributed by atoms with Crippen LogP contribution < -0.4 is 0 Å². The van der Waals surface area contributed by atoms with E-state index in [0.29, 0.717) is 0 Å². The van der Waals surface area contributed by atoms with Gasteiger partial charge in [0.05, 0.1) is 5.69 Å². The Morgan fingerprint density at radius 3 is 2.55 bits per heavy atom. The molecule has 22 heavy (non-hydrogen) atoms. The lowest BCUT2D eigenvalue weighted by molar-refractivity contribution is 0.143. The Bertz CT molecular complexity index is 855. The fourth-order valence-electron chi connectivity index (χ4n) is 2.87. The predicted molar refractivity (Wildman–Crippen MR) is 92.9 cm³/mol. The maximum absolute atomic E-state index is 9.73. The lowest BCUT2D eigenvalue weighted by atomic mass is 9.79. The quantitative estimate of drug-likeness (QED) is 0.719. The Morgan fingerprint density at radius 1 is 1.14 bits per heavy atom. The molecular weight excluding hydrogens is 270 g/mol. The minimum atomic E-state index is -0.972. The third kappa shape index (κ3) is 2.42. The highest BCUT2D eigenvalue weighted by atomic mass is 16.3. The van der Waals surface area contributed by atoms with Gasteiger partial charge in [-0.15, -0.1) is 0 Å². The second-order valence-electron chi connectivity index (χ2n) is 7.03. The van der Waals surface area contributed by atoms with Gasteiger partial charge in [-0.25, -0.2) is 0 Å². The number of aliphatic hydroxyl groups is 1. The second-order valence-corrected chi connectivity index (χ2v) is 7.03. The van der Waals surface area contributed by atoms with Crippen molar-refractivity contribution in [2.45, 2.75) is 45.6 Å². The molecule has 0 aromatic heterocycles. The standard InChI is InChI=1S/C20H21NO/c1-13-20(4,5)18-16-8-6-14(10-11-19(2,3)22)12-15(16)7-9-17(18)21-13/h6-9,12,22H,1-5H3. The predicted octanol–water partition coefficient (Wildman–Crippen LogP) is 4.35. The van der Waals surface area contributed by atoms with E-state index in [1.165, 1.54) is 16.3 Å². The number of nitrogens with zero attached hydrogens (tertiary/aromatic N) is 1. The number of rotatable bonds is 0. The maximum Gasteiger partial charge on any atom is 0.120 e. The Balaban J connectivity index is 2.15. The largest absolute Gasteiger partial charge is 0.378 e. The van der Waals surface area contributed by atoms with E-state index >= 15 is 0 Å². The first kappa shape index (κ1) is 14.8. The highest BCUT2D eigenvalue weighted by Crippen LogP contribution is 2.44. The minimum Gasteiger partial charge on any atom is -0.378 e. The molecule has 112 valence electrons. The Labute approximate surface area is 131 Å². The van der Waals surface area contributed by atoms with Crippen LogP contribution in [-0.4, -0.2) is 16.4 Å². The molecule has 0 bridgehead atoms. The second kappa shape index (κ2) is 4.69. The summed E-state index contributed by atoms with van der Waals surface area (Å²) in [7, 11) is 0. The average Bonchev–Trinajstić information content (AvgIpc) is 2.66. The topological polar surface area (TPSA) is 32.6 Å². The van der Waals surface area contributed by atoms with E-state index in [0.717, 1.165) is 17.0 Å². The van der Waals surface area contributed by atoms with Gasteiger partial charge in [0.2, 0.25) is 0 Å². The van der Waals surface area contributed by atoms with Crippen LogP contribution in [0.5, 0.6) is 0 Å². The Kier molecular flexibility index (Phi) is 3.16. The number of hydrogen-bond donors (Lipinski definition) is 1. The molecule has 0 spiro atoms. The van der Waals surface area contributed by atoms with Gasteiger partial charge < -0.3 is 5.11 Å². The molecule has 3 rings (SSSR count). The molecule has 0 radical (unpaired) electrons. The summed E-state index contributed by atoms with van der Waals surface area (Å²) in [6.07, 6.45) is 0. The molecule has 1 aliphatic heterocycles. The van der Waals surface area contributed by atoms with E-state index in [1.54, 1.807) is 13.8 Å². The third-order valence-corrected chi connectivity index (χ3v) is 4.33. The van der Waals surface area contributed by atoms with E-state index in [4.69, 9.17) is 4.99 Å². The summed E-state index contributed by atoms with van der Waals surface area (Å²) in [5.74, 6) is 5.91. The van der Waals surface area contributed by atoms with Crippen molar-refractivity contribution in [1.29, 1.82) is 0 Å². The molecule has 1 aliphatic rings. The highest BCUT2D eigenvalue weighted by molar-refractivity contribution is 6.06. The van der Waals surface area contributed by atoms with Crippen molar-refractivity contribution in [2.75, 3.05) is 0 Å². The van der Waals surface area contributed by atoms with Crippen LogP contribution in [0, 0.1) is 11.8 Å². The molecule has 2 aromatic rings. The smallest absolute Gasteiger partial charge is 0.120 e. The lowest BCUT2D eigenvalue weighted by Gasteiger charge is -2.21. The van der Waals surface area contributed by atoms with Crippen molar-refractivity contribution in [1.82, 2.24) is 0 Å². The monoisotopic (exact) mass is 291 g/mol. The molecule has 1 N–H and O–H groups in total. The zero-order chi connectivity index (χ0) is 16.1. The normalized spacial score (nSPS) is 16.0. The van der Waals surface area contributed by atoms with Crippen molar-refractivity contribution < 1.29 is 5.11 Å². The van der Waals surface area contributed by atoms with Crippen LogP contribution in [0.15, 0.2) is 35.3 Å². The molecule has 0 atom stereocenters. The summed E-state index contributed by atoms with van der Waals surface area (Å²) in [6, 6.07) is 10.4. The first-order valence-electron chi connectivity index (χ1n) is 7.57. The fraction of sp³-hybridized carbons (Fsp3) is 0.350. The van der Waals surface area contributed by atoms with E-state index in [9.17, 15) is 5.11 Å². The number of benzene rings is 2. The van der Waals surface area contributed by atoms with Crippen LogP contribution >= 0.6 is 0 Å². The summed E-state index contributed by atoms with van der Waals surface area (Å²) in [4.78, 5) is 4.70. The van der Waals surface area contributed by atoms with Crippen LogP contribution in [0.1, 0.15) is 45.7 Å². The first-order chi connectivity index (χ1) is 10.2. The third-order valence-electron chi connectivity index (χ3n) is 4.33. The van der Waals surface area contributed by atoms with Gasteiger partial charge in [0, 0.05) is 16.7 Å². The van der Waals surface area contributed by atoms with Gasteiger partial charge in [-0.1, -0.05) is 37.8 Å². The molecule has 0 aliphatic carbocycles. The van der Waals surface area contributed by atoms with Gasteiger partial charge in [0.15, 0.2) is 0 Å². The van der Waals surface area contributed by atoms with Gasteiger partial charge in [-0.05, 0) is 55.3 Å². The van der Waals surface area contributed by atoms with E-state index in [1.807, 2.05) is 6.07 Å². The highest BCUT2D eigenvalue weighted by Gasteiger charge is 2.33. The van der Waals surface area contributed by atoms with Crippen LogP contribution in [0.2, 0.25) is 0 Å². The molecule has 0 fully saturated rings. The van der Waals surface area contributed by atoms with E-state index in [-0.39, 0.29) is 5.41 Å². The van der Waals surface area contributed by atoms with Crippen LogP contribution in [-0.2, 0) is 5.41 Å². The minimum absolute atomic E-state index is 0.0326. The number of aliphatic imine (C=N–C) groups is 1. The van der Waals surface area contributed by atoms with Crippen molar-refractivity contribution >= 4 is 22.2 Å². The molecule has 2 aromatic carbocycles. The molecule has 1 heterocycles. The summed E-state index contributed by atoms with van der Waals surface area (Å²) in [5.41, 5.74) is 3.44. The van der Waals surface area contributed by atoms with Gasteiger partial charge in [-0.3, -0.25) is 4.99 Å². The fourth-order valence-corrected chi connectivity index (χ4v) is 2.87. The van der Waals surface area contributed by atoms with Crippen molar-refractivity contribution in [3.05, 3.63) is 41.5 Å². The maximum atomic E-state index is 9.73. The van der Waals surface area contributed by atoms with Gasteiger partial charge in [0.25, 0.3) is 0 Å². The Morgan fingerprint density at radius 2 is 1.86 bits per heavy atom. The van der Waals surface area contributed by atoms with Crippen LogP contribution in [0.3, 0.4) is 0 Å². The Hall–Kier alpha value is -2.11. The van der Waals surface area contributed by atoms with E-state index < -0.39 is 5.60 Å². The average molecular weight is 291 g/mol. The summed E-state index contributed by atoms with van der Waals surface area (Å²) in [6.45, 7) is 9.92. The molecule has 2 heteroatoms. The lowest BCUT2D eigenvalue weighted by Crippen LogP contribution is -2.22. The van der Waals surface area contributed by atoms with Gasteiger partial charge in [-0.2, -0.15) is 0 Å². The van der Waals surface area contributed by atoms with E-state index in [2.05, 4.69) is 56.9 Å². The summed E-state index contributed by atoms with van der Waals surface area (Å²) in [5, 5.41) is 12.1. The van der Waals surface area contributed by atoms with Crippen molar-refractivity contribution in [3.63, 3.8) is 0 Å². The zero-order valence-corrected chi connectivity index (χ0v) is 13.8. The summed E-state index contributed by atoms with van der Waals surface area (Å²) >= 11 is 0. The molecule has 0 unspecified atom stereocenters. The van der Waals surface area contributed by atoms with Crippen LogP contribution in [0.25, 0.3) is 10.8 Å². The molecule has 0 saturated heterocycles. The van der Waals surface area contributed by atoms with Gasteiger partial charge >= 0.3 is 0 Å². The molecule has 0 saturated carbocycles. The van der Waals surface area contributed by atoms with Gasteiger partial charge in [0.1, 0.15) is 5.60 Å².